The number of hydrogen-bond donors (Lipinski definition) is 1. The third kappa shape index (κ3) is 4.47. The Bertz CT molecular complexity index is 1660. The molecule has 0 spiro atoms. The maximum atomic E-state index is 14.0. The third-order valence-electron chi connectivity index (χ3n) is 6.41. The summed E-state index contributed by atoms with van der Waals surface area (Å²) in [4.78, 5) is 35.6. The first-order chi connectivity index (χ1) is 18.0. The van der Waals surface area contributed by atoms with Crippen LogP contribution in [0.15, 0.2) is 89.9 Å². The molecule has 0 atom stereocenters. The van der Waals surface area contributed by atoms with Crippen LogP contribution >= 0.6 is 0 Å². The van der Waals surface area contributed by atoms with Crippen molar-refractivity contribution < 1.29 is 14.6 Å². The number of ether oxygens (including phenoxy) is 1. The number of benzene rings is 2. The predicted octanol–water partition coefficient (Wildman–Crippen LogP) is 5.17. The third-order valence-corrected chi connectivity index (χ3v) is 6.41. The summed E-state index contributed by atoms with van der Waals surface area (Å²) in [5.41, 5.74) is 3.88. The molecule has 0 radical (unpaired) electrons. The van der Waals surface area contributed by atoms with Gasteiger partial charge in [0.1, 0.15) is 0 Å². The van der Waals surface area contributed by atoms with Crippen molar-refractivity contribution in [2.24, 2.45) is 0 Å². The van der Waals surface area contributed by atoms with Crippen LogP contribution in [0.25, 0.3) is 33.3 Å². The lowest BCUT2D eigenvalue weighted by molar-refractivity contribution is 0.0591. The largest absolute Gasteiger partial charge is 0.505 e. The highest BCUT2D eigenvalue weighted by molar-refractivity contribution is 6.04. The smallest absolute Gasteiger partial charge is 0.360 e. The monoisotopic (exact) mass is 491 g/mol. The molecular weight excluding hydrogens is 466 g/mol. The molecule has 0 aliphatic carbocycles. The number of pyridine rings is 3. The molecule has 1 N–H and O–H groups in total. The molecule has 0 aliphatic heterocycles. The summed E-state index contributed by atoms with van der Waals surface area (Å²) in [5.74, 6) is -1.11. The van der Waals surface area contributed by atoms with Crippen molar-refractivity contribution in [2.75, 3.05) is 7.11 Å². The van der Waals surface area contributed by atoms with E-state index in [4.69, 9.17) is 4.74 Å². The number of aromatic hydroxyl groups is 1. The Morgan fingerprint density at radius 1 is 0.973 bits per heavy atom. The predicted molar refractivity (Wildman–Crippen MR) is 143 cm³/mol. The van der Waals surface area contributed by atoms with Gasteiger partial charge in [0.05, 0.1) is 18.3 Å². The summed E-state index contributed by atoms with van der Waals surface area (Å²) in [5, 5.41) is 11.6. The number of rotatable bonds is 6. The summed E-state index contributed by atoms with van der Waals surface area (Å²) >= 11 is 0. The highest BCUT2D eigenvalue weighted by atomic mass is 16.5. The van der Waals surface area contributed by atoms with Crippen LogP contribution in [0.1, 0.15) is 21.7 Å². The number of aromatic nitrogens is 3. The fourth-order valence-electron chi connectivity index (χ4n) is 4.53. The Balaban J connectivity index is 1.88. The van der Waals surface area contributed by atoms with Crippen molar-refractivity contribution in [3.63, 3.8) is 0 Å². The van der Waals surface area contributed by atoms with Crippen molar-refractivity contribution in [1.82, 2.24) is 14.5 Å². The zero-order valence-corrected chi connectivity index (χ0v) is 20.5. The van der Waals surface area contributed by atoms with E-state index in [1.54, 1.807) is 22.9 Å². The van der Waals surface area contributed by atoms with Crippen LogP contribution in [-0.4, -0.2) is 32.7 Å². The molecule has 0 saturated heterocycles. The second kappa shape index (κ2) is 10.1. The lowest BCUT2D eigenvalue weighted by atomic mass is 10.00. The van der Waals surface area contributed by atoms with Gasteiger partial charge in [0.2, 0.25) is 0 Å². The quantitative estimate of drug-likeness (QED) is 0.330. The van der Waals surface area contributed by atoms with Crippen molar-refractivity contribution in [2.45, 2.75) is 19.9 Å². The number of carbonyl (C=O) groups is 1. The Labute approximate surface area is 213 Å². The molecule has 184 valence electrons. The molecular formula is C30H25N3O4. The van der Waals surface area contributed by atoms with E-state index in [1.807, 2.05) is 73.7 Å². The highest BCUT2D eigenvalue weighted by Gasteiger charge is 2.25. The average molecular weight is 492 g/mol. The molecule has 0 fully saturated rings. The summed E-state index contributed by atoms with van der Waals surface area (Å²) in [6, 6.07) is 24.4. The molecule has 7 heteroatoms. The molecule has 2 aromatic carbocycles. The molecule has 0 saturated carbocycles. The van der Waals surface area contributed by atoms with Crippen LogP contribution < -0.4 is 5.56 Å². The zero-order chi connectivity index (χ0) is 25.9. The first kappa shape index (κ1) is 23.9. The van der Waals surface area contributed by atoms with Gasteiger partial charge >= 0.3 is 5.97 Å². The minimum Gasteiger partial charge on any atom is -0.505 e. The van der Waals surface area contributed by atoms with Gasteiger partial charge in [0, 0.05) is 34.9 Å². The van der Waals surface area contributed by atoms with E-state index in [-0.39, 0.29) is 17.0 Å². The van der Waals surface area contributed by atoms with Gasteiger partial charge in [-0.1, -0.05) is 60.7 Å². The van der Waals surface area contributed by atoms with E-state index in [1.165, 1.54) is 7.11 Å². The number of nitrogens with zero attached hydrogens (tertiary/aromatic N) is 3. The van der Waals surface area contributed by atoms with Crippen LogP contribution in [0.2, 0.25) is 0 Å². The molecule has 0 aliphatic rings. The van der Waals surface area contributed by atoms with Gasteiger partial charge in [-0.15, -0.1) is 0 Å². The van der Waals surface area contributed by atoms with E-state index in [0.717, 1.165) is 5.56 Å². The molecule has 0 bridgehead atoms. The van der Waals surface area contributed by atoms with Crippen LogP contribution in [0.3, 0.4) is 0 Å². The van der Waals surface area contributed by atoms with Crippen molar-refractivity contribution >= 4 is 16.9 Å². The van der Waals surface area contributed by atoms with Crippen molar-refractivity contribution in [1.29, 1.82) is 0 Å². The highest BCUT2D eigenvalue weighted by Crippen LogP contribution is 2.37. The fraction of sp³-hybridized carbons (Fsp3) is 0.133. The van der Waals surface area contributed by atoms with Crippen LogP contribution in [0.4, 0.5) is 0 Å². The topological polar surface area (TPSA) is 94.3 Å². The summed E-state index contributed by atoms with van der Waals surface area (Å²) in [6.07, 6.45) is 2.25. The van der Waals surface area contributed by atoms with Gasteiger partial charge < -0.3 is 14.4 Å². The standard InChI is InChI=1S/C30H25N3O4/c1-19-22(14-9-16-31-19)25-27-24(28(34)26(32-25)30(36)37-2)18-23(21-12-7-4-8-13-21)29(35)33(27)17-15-20-10-5-3-6-11-20/h3-14,16,18,34H,15,17H2,1-2H3. The molecule has 5 rings (SSSR count). The van der Waals surface area contributed by atoms with E-state index in [2.05, 4.69) is 9.97 Å². The van der Waals surface area contributed by atoms with Gasteiger partial charge in [-0.05, 0) is 42.7 Å². The number of aryl methyl sites for hydroxylation is 3. The molecule has 3 aromatic heterocycles. The number of fused-ring (bicyclic) bond motifs is 1. The molecule has 0 unspecified atom stereocenters. The van der Waals surface area contributed by atoms with E-state index in [9.17, 15) is 14.7 Å². The zero-order valence-electron chi connectivity index (χ0n) is 20.5. The van der Waals surface area contributed by atoms with E-state index in [0.29, 0.717) is 51.9 Å². The van der Waals surface area contributed by atoms with Gasteiger partial charge in [-0.2, -0.15) is 0 Å². The number of carbonyl (C=O) groups excluding carboxylic acids is 1. The van der Waals surface area contributed by atoms with E-state index >= 15 is 0 Å². The molecule has 5 aromatic rings. The first-order valence-electron chi connectivity index (χ1n) is 11.9. The summed E-state index contributed by atoms with van der Waals surface area (Å²) in [7, 11) is 1.23. The van der Waals surface area contributed by atoms with Gasteiger partial charge in [0.25, 0.3) is 5.56 Å². The molecule has 0 amide bonds. The number of methoxy groups -OCH3 is 1. The summed E-state index contributed by atoms with van der Waals surface area (Å²) in [6.45, 7) is 2.17. The Morgan fingerprint density at radius 2 is 1.68 bits per heavy atom. The normalized spacial score (nSPS) is 11.0. The van der Waals surface area contributed by atoms with Crippen molar-refractivity contribution in [3.05, 3.63) is 112 Å². The molecule has 7 nitrogen and oxygen atoms in total. The van der Waals surface area contributed by atoms with E-state index < -0.39 is 5.97 Å². The maximum absolute atomic E-state index is 14.0. The van der Waals surface area contributed by atoms with Crippen LogP contribution in [0, 0.1) is 6.92 Å². The Kier molecular flexibility index (Phi) is 6.51. The summed E-state index contributed by atoms with van der Waals surface area (Å²) < 4.78 is 6.55. The molecule has 37 heavy (non-hydrogen) atoms. The fourth-order valence-corrected chi connectivity index (χ4v) is 4.53. The first-order valence-corrected chi connectivity index (χ1v) is 11.9. The second-order valence-electron chi connectivity index (χ2n) is 8.66. The molecule has 3 heterocycles. The average Bonchev–Trinajstić information content (AvgIpc) is 2.93. The number of hydrogen-bond acceptors (Lipinski definition) is 6. The number of esters is 1. The minimum atomic E-state index is -0.773. The van der Waals surface area contributed by atoms with Gasteiger partial charge in [0.15, 0.2) is 11.4 Å². The maximum Gasteiger partial charge on any atom is 0.360 e. The minimum absolute atomic E-state index is 0.218. The van der Waals surface area contributed by atoms with Crippen LogP contribution in [0.5, 0.6) is 5.75 Å². The van der Waals surface area contributed by atoms with Gasteiger partial charge in [-0.3, -0.25) is 9.78 Å². The lowest BCUT2D eigenvalue weighted by Crippen LogP contribution is -2.24. The SMILES string of the molecule is COC(=O)c1nc(-c2cccnc2C)c2c(cc(-c3ccccc3)c(=O)n2CCc2ccccc2)c1O. The van der Waals surface area contributed by atoms with Crippen molar-refractivity contribution in [3.8, 4) is 28.1 Å². The Hall–Kier alpha value is -4.78. The lowest BCUT2D eigenvalue weighted by Gasteiger charge is -2.19. The Morgan fingerprint density at radius 3 is 2.35 bits per heavy atom. The van der Waals surface area contributed by atoms with Gasteiger partial charge in [-0.25, -0.2) is 9.78 Å². The van der Waals surface area contributed by atoms with Crippen LogP contribution in [-0.2, 0) is 17.7 Å². The second-order valence-corrected chi connectivity index (χ2v) is 8.66.